The molecular formula is C12H16FNS. The highest BCUT2D eigenvalue weighted by Gasteiger charge is 2.26. The molecule has 0 bridgehead atoms. The number of hydrogen-bond acceptors (Lipinski definition) is 2. The van der Waals surface area contributed by atoms with Crippen molar-refractivity contribution in [2.75, 3.05) is 12.3 Å². The smallest absolute Gasteiger partial charge is 0.123 e. The summed E-state index contributed by atoms with van der Waals surface area (Å²) in [6, 6.07) is 6.89. The number of benzene rings is 1. The van der Waals surface area contributed by atoms with Gasteiger partial charge in [-0.1, -0.05) is 12.1 Å². The van der Waals surface area contributed by atoms with Gasteiger partial charge in [-0.15, -0.1) is 11.8 Å². The zero-order chi connectivity index (χ0) is 10.7. The van der Waals surface area contributed by atoms with Gasteiger partial charge in [0, 0.05) is 0 Å². The van der Waals surface area contributed by atoms with Crippen molar-refractivity contribution in [2.45, 2.75) is 24.6 Å². The first-order valence-electron chi connectivity index (χ1n) is 5.31. The summed E-state index contributed by atoms with van der Waals surface area (Å²) in [5.74, 6) is 1.05. The summed E-state index contributed by atoms with van der Waals surface area (Å²) in [4.78, 5) is 0.0754. The fraction of sp³-hybridized carbons (Fsp3) is 0.500. The second kappa shape index (κ2) is 4.54. The number of thioether (sulfide) groups is 1. The second-order valence-electron chi connectivity index (χ2n) is 4.17. The van der Waals surface area contributed by atoms with Crippen LogP contribution in [0.4, 0.5) is 4.39 Å². The molecule has 82 valence electrons. The topological polar surface area (TPSA) is 12.0 Å². The Hall–Kier alpha value is -0.540. The summed E-state index contributed by atoms with van der Waals surface area (Å²) >= 11 is 1.93. The van der Waals surface area contributed by atoms with E-state index in [0.717, 1.165) is 18.5 Å². The molecule has 1 atom stereocenters. The molecule has 1 nitrogen and oxygen atoms in total. The molecule has 1 unspecified atom stereocenters. The van der Waals surface area contributed by atoms with E-state index in [-0.39, 0.29) is 10.7 Å². The van der Waals surface area contributed by atoms with E-state index in [1.807, 2.05) is 17.8 Å². The van der Waals surface area contributed by atoms with Gasteiger partial charge in [-0.25, -0.2) is 4.39 Å². The molecule has 0 amide bonds. The third-order valence-electron chi connectivity index (χ3n) is 2.67. The summed E-state index contributed by atoms with van der Waals surface area (Å²) in [6.45, 7) is 3.26. The summed E-state index contributed by atoms with van der Waals surface area (Å²) in [7, 11) is 0. The van der Waals surface area contributed by atoms with E-state index in [9.17, 15) is 4.39 Å². The van der Waals surface area contributed by atoms with Gasteiger partial charge < -0.3 is 5.32 Å². The fourth-order valence-electron chi connectivity index (χ4n) is 1.92. The summed E-state index contributed by atoms with van der Waals surface area (Å²) in [5, 5.41) is 3.50. The van der Waals surface area contributed by atoms with Crippen molar-refractivity contribution >= 4 is 11.8 Å². The summed E-state index contributed by atoms with van der Waals surface area (Å²) in [5.41, 5.74) is 1.07. The largest absolute Gasteiger partial charge is 0.303 e. The number of rotatable bonds is 2. The predicted octanol–water partition coefficient (Wildman–Crippen LogP) is 2.81. The van der Waals surface area contributed by atoms with Crippen LogP contribution in [0.15, 0.2) is 24.3 Å². The molecule has 3 heteroatoms. The molecule has 0 spiro atoms. The SMILES string of the molecule is CC1(Cc2cccc(F)c2)NCCCS1. The number of hydrogen-bond donors (Lipinski definition) is 1. The number of nitrogens with one attached hydrogen (secondary N) is 1. The minimum Gasteiger partial charge on any atom is -0.303 e. The lowest BCUT2D eigenvalue weighted by atomic mass is 10.1. The molecule has 1 aromatic carbocycles. The lowest BCUT2D eigenvalue weighted by molar-refractivity contribution is 0.482. The van der Waals surface area contributed by atoms with Crippen molar-refractivity contribution in [1.82, 2.24) is 5.32 Å². The molecule has 0 aliphatic carbocycles. The highest BCUT2D eigenvalue weighted by Crippen LogP contribution is 2.29. The summed E-state index contributed by atoms with van der Waals surface area (Å²) in [6.07, 6.45) is 2.11. The first-order valence-corrected chi connectivity index (χ1v) is 6.30. The molecule has 1 heterocycles. The Morgan fingerprint density at radius 3 is 3.07 bits per heavy atom. The Morgan fingerprint density at radius 1 is 1.53 bits per heavy atom. The number of halogens is 1. The van der Waals surface area contributed by atoms with E-state index >= 15 is 0 Å². The van der Waals surface area contributed by atoms with Gasteiger partial charge in [0.1, 0.15) is 5.82 Å². The Morgan fingerprint density at radius 2 is 2.40 bits per heavy atom. The Balaban J connectivity index is 2.06. The van der Waals surface area contributed by atoms with Crippen molar-refractivity contribution in [3.05, 3.63) is 35.6 Å². The first-order chi connectivity index (χ1) is 7.18. The molecule has 2 rings (SSSR count). The van der Waals surface area contributed by atoms with Crippen LogP contribution in [0, 0.1) is 5.82 Å². The zero-order valence-corrected chi connectivity index (χ0v) is 9.74. The normalized spacial score (nSPS) is 26.5. The Kier molecular flexibility index (Phi) is 3.32. The second-order valence-corrected chi connectivity index (χ2v) is 5.76. The van der Waals surface area contributed by atoms with Crippen LogP contribution in [0.5, 0.6) is 0 Å². The summed E-state index contributed by atoms with van der Waals surface area (Å²) < 4.78 is 13.0. The lowest BCUT2D eigenvalue weighted by Gasteiger charge is -2.34. The van der Waals surface area contributed by atoms with Gasteiger partial charge >= 0.3 is 0 Å². The van der Waals surface area contributed by atoms with Crippen LogP contribution < -0.4 is 5.32 Å². The van der Waals surface area contributed by atoms with Crippen molar-refractivity contribution in [1.29, 1.82) is 0 Å². The Labute approximate surface area is 94.5 Å². The fourth-order valence-corrected chi connectivity index (χ4v) is 3.14. The van der Waals surface area contributed by atoms with Crippen molar-refractivity contribution in [2.24, 2.45) is 0 Å². The van der Waals surface area contributed by atoms with Gasteiger partial charge in [0.05, 0.1) is 4.87 Å². The Bertz CT molecular complexity index is 334. The molecule has 1 aliphatic heterocycles. The van der Waals surface area contributed by atoms with Crippen LogP contribution in [0.25, 0.3) is 0 Å². The van der Waals surface area contributed by atoms with E-state index in [2.05, 4.69) is 12.2 Å². The monoisotopic (exact) mass is 225 g/mol. The van der Waals surface area contributed by atoms with Gasteiger partial charge in [0.15, 0.2) is 0 Å². The van der Waals surface area contributed by atoms with Crippen LogP contribution in [0.3, 0.4) is 0 Å². The minimum atomic E-state index is -0.142. The van der Waals surface area contributed by atoms with Crippen molar-refractivity contribution in [3.63, 3.8) is 0 Å². The van der Waals surface area contributed by atoms with Gasteiger partial charge in [-0.3, -0.25) is 0 Å². The van der Waals surface area contributed by atoms with Crippen LogP contribution >= 0.6 is 11.8 Å². The molecule has 1 N–H and O–H groups in total. The highest BCUT2D eigenvalue weighted by atomic mass is 32.2. The molecule has 0 aromatic heterocycles. The standard InChI is InChI=1S/C12H16FNS/c1-12(14-6-3-7-15-12)9-10-4-2-5-11(13)8-10/h2,4-5,8,14H,3,6-7,9H2,1H3. The van der Waals surface area contributed by atoms with Gasteiger partial charge in [-0.05, 0) is 49.8 Å². The first kappa shape index (κ1) is 11.0. The van der Waals surface area contributed by atoms with E-state index in [1.54, 1.807) is 12.1 Å². The predicted molar refractivity (Wildman–Crippen MR) is 63.6 cm³/mol. The lowest BCUT2D eigenvalue weighted by Crippen LogP contribution is -2.45. The molecule has 1 aromatic rings. The quantitative estimate of drug-likeness (QED) is 0.830. The molecule has 1 fully saturated rings. The molecule has 0 radical (unpaired) electrons. The maximum Gasteiger partial charge on any atom is 0.123 e. The van der Waals surface area contributed by atoms with Crippen molar-refractivity contribution < 1.29 is 4.39 Å². The van der Waals surface area contributed by atoms with E-state index in [1.165, 1.54) is 18.2 Å². The van der Waals surface area contributed by atoms with E-state index < -0.39 is 0 Å². The molecule has 1 aliphatic rings. The third kappa shape index (κ3) is 2.95. The third-order valence-corrected chi connectivity index (χ3v) is 4.09. The molecular weight excluding hydrogens is 209 g/mol. The maximum absolute atomic E-state index is 13.0. The van der Waals surface area contributed by atoms with Crippen LogP contribution in [0.1, 0.15) is 18.9 Å². The minimum absolute atomic E-state index is 0.0754. The van der Waals surface area contributed by atoms with Gasteiger partial charge in [0.25, 0.3) is 0 Å². The highest BCUT2D eigenvalue weighted by molar-refractivity contribution is 8.00. The van der Waals surface area contributed by atoms with Gasteiger partial charge in [0.2, 0.25) is 0 Å². The molecule has 0 saturated carbocycles. The van der Waals surface area contributed by atoms with Crippen LogP contribution in [-0.4, -0.2) is 17.2 Å². The average Bonchev–Trinajstić information content (AvgIpc) is 2.18. The molecule has 1 saturated heterocycles. The van der Waals surface area contributed by atoms with Crippen molar-refractivity contribution in [3.8, 4) is 0 Å². The maximum atomic E-state index is 13.0. The van der Waals surface area contributed by atoms with Crippen LogP contribution in [0.2, 0.25) is 0 Å². The van der Waals surface area contributed by atoms with Gasteiger partial charge in [-0.2, -0.15) is 0 Å². The van der Waals surface area contributed by atoms with Crippen LogP contribution in [-0.2, 0) is 6.42 Å². The van der Waals surface area contributed by atoms with E-state index in [0.29, 0.717) is 0 Å². The molecule has 15 heavy (non-hydrogen) atoms. The zero-order valence-electron chi connectivity index (χ0n) is 8.92. The average molecular weight is 225 g/mol. The van der Waals surface area contributed by atoms with E-state index in [4.69, 9.17) is 0 Å².